The lowest BCUT2D eigenvalue weighted by Crippen LogP contribution is -2.16. The molecule has 1 heterocycles. The van der Waals surface area contributed by atoms with Crippen LogP contribution in [0.2, 0.25) is 0 Å². The van der Waals surface area contributed by atoms with Gasteiger partial charge in [0.15, 0.2) is 0 Å². The van der Waals surface area contributed by atoms with Gasteiger partial charge in [0, 0.05) is 18.2 Å². The molecule has 0 unspecified atom stereocenters. The van der Waals surface area contributed by atoms with Gasteiger partial charge >= 0.3 is 0 Å². The lowest BCUT2D eigenvalue weighted by Gasteiger charge is -2.19. The van der Waals surface area contributed by atoms with E-state index >= 15 is 0 Å². The Morgan fingerprint density at radius 3 is 2.40 bits per heavy atom. The highest BCUT2D eigenvalue weighted by Crippen LogP contribution is 2.22. The fourth-order valence-electron chi connectivity index (χ4n) is 2.00. The number of anilines is 1. The minimum Gasteiger partial charge on any atom is -0.307 e. The number of hydrogen-bond acceptors (Lipinski definition) is 2. The van der Waals surface area contributed by atoms with Crippen molar-refractivity contribution in [3.63, 3.8) is 0 Å². The lowest BCUT2D eigenvalue weighted by molar-refractivity contribution is 0.102. The van der Waals surface area contributed by atoms with Gasteiger partial charge in [0.25, 0.3) is 5.91 Å². The van der Waals surface area contributed by atoms with Gasteiger partial charge in [-0.15, -0.1) is 0 Å². The van der Waals surface area contributed by atoms with Crippen LogP contribution in [-0.4, -0.2) is 15.7 Å². The maximum Gasteiger partial charge on any atom is 0.256 e. The number of carbonyl (C=O) groups excluding carboxylic acids is 1. The van der Waals surface area contributed by atoms with E-state index in [1.54, 1.807) is 16.9 Å². The van der Waals surface area contributed by atoms with E-state index in [1.807, 2.05) is 31.2 Å². The summed E-state index contributed by atoms with van der Waals surface area (Å²) in [6, 6.07) is 9.54. The topological polar surface area (TPSA) is 46.9 Å². The highest BCUT2D eigenvalue weighted by molar-refractivity contribution is 6.03. The summed E-state index contributed by atoms with van der Waals surface area (Å²) in [5.74, 6) is 0.609. The molecule has 0 spiro atoms. The summed E-state index contributed by atoms with van der Waals surface area (Å²) in [5, 5.41) is 7.01. The monoisotopic (exact) mass is 271 g/mol. The number of benzene rings is 1. The average Bonchev–Trinajstić information content (AvgIpc) is 2.85. The molecule has 1 amide bonds. The third-order valence-electron chi connectivity index (χ3n) is 3.27. The van der Waals surface area contributed by atoms with E-state index < -0.39 is 0 Å². The molecular formula is C16H21N3O. The first kappa shape index (κ1) is 14.3. The van der Waals surface area contributed by atoms with Gasteiger partial charge in [-0.3, -0.25) is 4.79 Å². The molecule has 0 atom stereocenters. The van der Waals surface area contributed by atoms with Crippen molar-refractivity contribution >= 4 is 11.7 Å². The van der Waals surface area contributed by atoms with Crippen LogP contribution >= 0.6 is 0 Å². The normalized spacial score (nSPS) is 11.4. The maximum absolute atomic E-state index is 12.2. The van der Waals surface area contributed by atoms with Crippen LogP contribution in [-0.2, 0) is 12.0 Å². The fraction of sp³-hybridized carbons (Fsp3) is 0.375. The van der Waals surface area contributed by atoms with Crippen LogP contribution in [0.1, 0.15) is 43.6 Å². The molecule has 0 saturated carbocycles. The molecule has 0 radical (unpaired) electrons. The van der Waals surface area contributed by atoms with E-state index in [0.29, 0.717) is 5.56 Å². The van der Waals surface area contributed by atoms with Crippen molar-refractivity contribution in [3.8, 4) is 0 Å². The maximum atomic E-state index is 12.2. The predicted octanol–water partition coefficient (Wildman–Crippen LogP) is 3.45. The van der Waals surface area contributed by atoms with Crippen LogP contribution in [0.3, 0.4) is 0 Å². The third-order valence-corrected chi connectivity index (χ3v) is 3.27. The molecule has 1 N–H and O–H groups in total. The molecule has 4 heteroatoms. The molecule has 1 aromatic carbocycles. The van der Waals surface area contributed by atoms with E-state index in [4.69, 9.17) is 0 Å². The zero-order chi connectivity index (χ0) is 14.8. The number of carbonyl (C=O) groups is 1. The average molecular weight is 271 g/mol. The van der Waals surface area contributed by atoms with Gasteiger partial charge in [-0.1, -0.05) is 32.9 Å². The largest absolute Gasteiger partial charge is 0.307 e. The van der Waals surface area contributed by atoms with Gasteiger partial charge < -0.3 is 5.32 Å². The molecule has 4 nitrogen and oxygen atoms in total. The second-order valence-corrected chi connectivity index (χ2v) is 5.81. The standard InChI is InChI=1S/C16H21N3O/c1-5-19-14(10-11-17-19)18-15(20)12-6-8-13(9-7-12)16(2,3)4/h6-11H,5H2,1-4H3,(H,18,20). The molecule has 2 aromatic rings. The number of amides is 1. The third kappa shape index (κ3) is 3.07. The summed E-state index contributed by atoms with van der Waals surface area (Å²) in [4.78, 5) is 12.2. The molecule has 0 fully saturated rings. The quantitative estimate of drug-likeness (QED) is 0.929. The van der Waals surface area contributed by atoms with Crippen molar-refractivity contribution in [1.82, 2.24) is 9.78 Å². The first-order valence-corrected chi connectivity index (χ1v) is 6.85. The zero-order valence-electron chi connectivity index (χ0n) is 12.5. The highest BCUT2D eigenvalue weighted by atomic mass is 16.1. The summed E-state index contributed by atoms with van der Waals surface area (Å²) in [5.41, 5.74) is 1.96. The Hall–Kier alpha value is -2.10. The second-order valence-electron chi connectivity index (χ2n) is 5.81. The molecule has 0 bridgehead atoms. The minimum atomic E-state index is -0.111. The fourth-order valence-corrected chi connectivity index (χ4v) is 2.00. The van der Waals surface area contributed by atoms with Crippen molar-refractivity contribution in [2.75, 3.05) is 5.32 Å². The summed E-state index contributed by atoms with van der Waals surface area (Å²) < 4.78 is 1.75. The Kier molecular flexibility index (Phi) is 3.93. The Labute approximate surface area is 119 Å². The highest BCUT2D eigenvalue weighted by Gasteiger charge is 2.14. The molecule has 0 aliphatic carbocycles. The molecule has 106 valence electrons. The summed E-state index contributed by atoms with van der Waals surface area (Å²) in [7, 11) is 0. The first-order valence-electron chi connectivity index (χ1n) is 6.85. The van der Waals surface area contributed by atoms with Crippen LogP contribution in [0.15, 0.2) is 36.5 Å². The van der Waals surface area contributed by atoms with Crippen LogP contribution < -0.4 is 5.32 Å². The van der Waals surface area contributed by atoms with Crippen molar-refractivity contribution in [3.05, 3.63) is 47.7 Å². The van der Waals surface area contributed by atoms with Crippen molar-refractivity contribution in [2.45, 2.75) is 39.7 Å². The van der Waals surface area contributed by atoms with Gasteiger partial charge in [0.1, 0.15) is 5.82 Å². The van der Waals surface area contributed by atoms with Gasteiger partial charge in [-0.2, -0.15) is 5.10 Å². The van der Waals surface area contributed by atoms with E-state index in [1.165, 1.54) is 5.56 Å². The van der Waals surface area contributed by atoms with Crippen molar-refractivity contribution in [1.29, 1.82) is 0 Å². The number of hydrogen-bond donors (Lipinski definition) is 1. The molecule has 0 aliphatic heterocycles. The van der Waals surface area contributed by atoms with Gasteiger partial charge in [0.2, 0.25) is 0 Å². The zero-order valence-corrected chi connectivity index (χ0v) is 12.5. The number of aromatic nitrogens is 2. The number of aryl methyl sites for hydroxylation is 1. The minimum absolute atomic E-state index is 0.0931. The predicted molar refractivity (Wildman–Crippen MR) is 81.0 cm³/mol. The number of nitrogens with zero attached hydrogens (tertiary/aromatic N) is 2. The van der Waals surface area contributed by atoms with Crippen molar-refractivity contribution in [2.24, 2.45) is 0 Å². The Morgan fingerprint density at radius 2 is 1.85 bits per heavy atom. The molecular weight excluding hydrogens is 250 g/mol. The van der Waals surface area contributed by atoms with E-state index in [2.05, 4.69) is 31.2 Å². The van der Waals surface area contributed by atoms with Crippen molar-refractivity contribution < 1.29 is 4.79 Å². The number of nitrogens with one attached hydrogen (secondary N) is 1. The smallest absolute Gasteiger partial charge is 0.256 e. The molecule has 1 aromatic heterocycles. The van der Waals surface area contributed by atoms with Crippen LogP contribution in [0.25, 0.3) is 0 Å². The Morgan fingerprint density at radius 1 is 1.20 bits per heavy atom. The van der Waals surface area contributed by atoms with Gasteiger partial charge in [-0.05, 0) is 30.0 Å². The number of rotatable bonds is 3. The molecule has 20 heavy (non-hydrogen) atoms. The molecule has 0 saturated heterocycles. The summed E-state index contributed by atoms with van der Waals surface area (Å²) >= 11 is 0. The van der Waals surface area contributed by atoms with Crippen LogP contribution in [0.5, 0.6) is 0 Å². The van der Waals surface area contributed by atoms with Crippen LogP contribution in [0, 0.1) is 0 Å². The van der Waals surface area contributed by atoms with E-state index in [9.17, 15) is 4.79 Å². The lowest BCUT2D eigenvalue weighted by atomic mass is 9.87. The van der Waals surface area contributed by atoms with Gasteiger partial charge in [0.05, 0.1) is 6.20 Å². The summed E-state index contributed by atoms with van der Waals surface area (Å²) in [6.45, 7) is 9.18. The second kappa shape index (κ2) is 5.49. The van der Waals surface area contributed by atoms with E-state index in [-0.39, 0.29) is 11.3 Å². The molecule has 0 aliphatic rings. The molecule has 2 rings (SSSR count). The Bertz CT molecular complexity index is 591. The SMILES string of the molecule is CCn1nccc1NC(=O)c1ccc(C(C)(C)C)cc1. The van der Waals surface area contributed by atoms with Gasteiger partial charge in [-0.25, -0.2) is 4.68 Å². The first-order chi connectivity index (χ1) is 9.41. The van der Waals surface area contributed by atoms with E-state index in [0.717, 1.165) is 12.4 Å². The Balaban J connectivity index is 2.14. The van der Waals surface area contributed by atoms with Crippen LogP contribution in [0.4, 0.5) is 5.82 Å². The summed E-state index contributed by atoms with van der Waals surface area (Å²) in [6.07, 6.45) is 1.68.